The molecule has 0 bridgehead atoms. The first-order chi connectivity index (χ1) is 18.3. The van der Waals surface area contributed by atoms with E-state index in [1.807, 2.05) is 49.1 Å². The maximum atomic E-state index is 13.3. The van der Waals surface area contributed by atoms with Crippen molar-refractivity contribution in [3.8, 4) is 22.6 Å². The van der Waals surface area contributed by atoms with Gasteiger partial charge in [0.15, 0.2) is 0 Å². The summed E-state index contributed by atoms with van der Waals surface area (Å²) in [4.78, 5) is 32.6. The maximum Gasteiger partial charge on any atom is 0.251 e. The van der Waals surface area contributed by atoms with E-state index in [1.165, 1.54) is 38.4 Å². The first-order valence-electron chi connectivity index (χ1n) is 14.0. The minimum absolute atomic E-state index is 0.131. The number of nitrogens with zero attached hydrogens (tertiary/aromatic N) is 3. The molecule has 1 aromatic carbocycles. The molecule has 2 aliphatic rings. The lowest BCUT2D eigenvalue weighted by Crippen LogP contribution is -2.60. The van der Waals surface area contributed by atoms with Crippen LogP contribution in [0.1, 0.15) is 65.2 Å². The number of carbonyl (C=O) groups is 1. The molecule has 3 aromatic rings. The highest BCUT2D eigenvalue weighted by Crippen LogP contribution is 2.41. The van der Waals surface area contributed by atoms with Gasteiger partial charge in [-0.3, -0.25) is 9.59 Å². The van der Waals surface area contributed by atoms with Crippen LogP contribution in [0.3, 0.4) is 0 Å². The molecule has 3 heterocycles. The average molecular weight is 518 g/mol. The van der Waals surface area contributed by atoms with Gasteiger partial charge in [-0.15, -0.1) is 0 Å². The third kappa shape index (κ3) is 5.48. The van der Waals surface area contributed by atoms with Crippen LogP contribution in [0.2, 0.25) is 0 Å². The summed E-state index contributed by atoms with van der Waals surface area (Å²) in [5.41, 5.74) is 0.376. The zero-order valence-electron chi connectivity index (χ0n) is 22.6. The number of hydrogen-bond donors (Lipinski definition) is 1. The Kier molecular flexibility index (Phi) is 7.57. The van der Waals surface area contributed by atoms with Gasteiger partial charge in [0.1, 0.15) is 6.26 Å². The molecule has 1 aliphatic heterocycles. The molecule has 1 amide bonds. The highest BCUT2D eigenvalue weighted by atomic mass is 16.3. The Hall–Kier alpha value is -3.19. The second kappa shape index (κ2) is 10.9. The Morgan fingerprint density at radius 2 is 1.89 bits per heavy atom. The highest BCUT2D eigenvalue weighted by molar-refractivity contribution is 5.79. The number of oxazole rings is 1. The van der Waals surface area contributed by atoms with Crippen molar-refractivity contribution in [1.82, 2.24) is 14.5 Å². The van der Waals surface area contributed by atoms with Crippen LogP contribution >= 0.6 is 0 Å². The number of piperidine rings is 1. The molecule has 1 unspecified atom stereocenters. The van der Waals surface area contributed by atoms with Crippen LogP contribution in [-0.2, 0) is 11.3 Å². The number of pyridine rings is 1. The van der Waals surface area contributed by atoms with E-state index in [1.54, 1.807) is 23.0 Å². The Bertz CT molecular complexity index is 1290. The summed E-state index contributed by atoms with van der Waals surface area (Å²) in [6.07, 6.45) is 13.2. The Morgan fingerprint density at radius 3 is 2.58 bits per heavy atom. The Morgan fingerprint density at radius 1 is 1.13 bits per heavy atom. The van der Waals surface area contributed by atoms with Gasteiger partial charge in [-0.25, -0.2) is 4.98 Å². The van der Waals surface area contributed by atoms with Crippen molar-refractivity contribution in [2.75, 3.05) is 13.1 Å². The van der Waals surface area contributed by atoms with Gasteiger partial charge in [-0.1, -0.05) is 76.3 Å². The summed E-state index contributed by atoms with van der Waals surface area (Å²) in [5, 5.41) is 11.9. The van der Waals surface area contributed by atoms with Gasteiger partial charge in [0.25, 0.3) is 5.56 Å². The van der Waals surface area contributed by atoms with Gasteiger partial charge in [-0.2, -0.15) is 0 Å². The fourth-order valence-corrected chi connectivity index (χ4v) is 6.19. The molecule has 1 N–H and O–H groups in total. The van der Waals surface area contributed by atoms with Crippen molar-refractivity contribution in [2.45, 2.75) is 77.4 Å². The molecule has 5 rings (SSSR count). The highest BCUT2D eigenvalue weighted by Gasteiger charge is 2.48. The van der Waals surface area contributed by atoms with Gasteiger partial charge in [0.2, 0.25) is 11.8 Å². The standard InChI is InChI=1S/C31H39N3O4/c1-30(2)21-33(27(35)14-13-23-9-5-3-6-10-23)17-15-31(30,37)22-34-20-26(29-32-16-18-38-29)25(19-28(34)36)24-11-7-4-8-12-24/h4,7-8,11-12,16,18-20,23,37H,3,5-6,9-10,13-15,17,21-22H2,1-2H3. The molecule has 0 radical (unpaired) electrons. The third-order valence-electron chi connectivity index (χ3n) is 8.79. The van der Waals surface area contributed by atoms with Crippen LogP contribution in [0.25, 0.3) is 22.6 Å². The van der Waals surface area contributed by atoms with Gasteiger partial charge >= 0.3 is 0 Å². The summed E-state index contributed by atoms with van der Waals surface area (Å²) in [6, 6.07) is 11.3. The van der Waals surface area contributed by atoms with Crippen LogP contribution in [0, 0.1) is 11.3 Å². The van der Waals surface area contributed by atoms with Crippen molar-refractivity contribution in [1.29, 1.82) is 0 Å². The Labute approximate surface area is 224 Å². The fourth-order valence-electron chi connectivity index (χ4n) is 6.19. The summed E-state index contributed by atoms with van der Waals surface area (Å²) in [7, 11) is 0. The van der Waals surface area contributed by atoms with Gasteiger partial charge in [0.05, 0.1) is 23.9 Å². The zero-order chi connectivity index (χ0) is 26.8. The summed E-state index contributed by atoms with van der Waals surface area (Å²) >= 11 is 0. The number of hydrogen-bond acceptors (Lipinski definition) is 5. The number of likely N-dealkylation sites (tertiary alicyclic amines) is 1. The van der Waals surface area contributed by atoms with Crippen molar-refractivity contribution in [3.05, 3.63) is 65.4 Å². The summed E-state index contributed by atoms with van der Waals surface area (Å²) in [6.45, 7) is 5.08. The normalized spacial score (nSPS) is 21.9. The second-order valence-corrected chi connectivity index (χ2v) is 11.8. The van der Waals surface area contributed by atoms with E-state index >= 15 is 0 Å². The topological polar surface area (TPSA) is 88.6 Å². The molecular formula is C31H39N3O4. The lowest BCUT2D eigenvalue weighted by Gasteiger charge is -2.50. The number of amides is 1. The first kappa shape index (κ1) is 26.4. The van der Waals surface area contributed by atoms with Gasteiger partial charge in [-0.05, 0) is 24.3 Å². The second-order valence-electron chi connectivity index (χ2n) is 11.8. The zero-order valence-corrected chi connectivity index (χ0v) is 22.6. The van der Waals surface area contributed by atoms with E-state index in [4.69, 9.17) is 4.42 Å². The van der Waals surface area contributed by atoms with Crippen molar-refractivity contribution < 1.29 is 14.3 Å². The van der Waals surface area contributed by atoms with Gasteiger partial charge in [0, 0.05) is 42.8 Å². The number of rotatable bonds is 7. The number of aromatic nitrogens is 2. The number of aliphatic hydroxyl groups is 1. The smallest absolute Gasteiger partial charge is 0.251 e. The molecule has 7 heteroatoms. The SMILES string of the molecule is CC1(C)CN(C(=O)CCC2CCCCC2)CCC1(O)Cn1cc(-c2ncco2)c(-c2ccccc2)cc1=O. The third-order valence-corrected chi connectivity index (χ3v) is 8.79. The monoisotopic (exact) mass is 517 g/mol. The number of carbonyl (C=O) groups excluding carboxylic acids is 1. The Balaban J connectivity index is 1.34. The van der Waals surface area contributed by atoms with E-state index < -0.39 is 11.0 Å². The molecule has 38 heavy (non-hydrogen) atoms. The maximum absolute atomic E-state index is 13.3. The van der Waals surface area contributed by atoms with Crippen molar-refractivity contribution in [2.24, 2.45) is 11.3 Å². The molecule has 1 atom stereocenters. The molecule has 1 saturated heterocycles. The van der Waals surface area contributed by atoms with E-state index in [2.05, 4.69) is 4.98 Å². The molecule has 1 aliphatic carbocycles. The molecule has 202 valence electrons. The summed E-state index contributed by atoms with van der Waals surface area (Å²) < 4.78 is 7.17. The fraction of sp³-hybridized carbons (Fsp3) is 0.516. The minimum Gasteiger partial charge on any atom is -0.444 e. The molecular weight excluding hydrogens is 478 g/mol. The van der Waals surface area contributed by atoms with E-state index in [0.717, 1.165) is 17.5 Å². The molecule has 2 fully saturated rings. The van der Waals surface area contributed by atoms with Gasteiger partial charge < -0.3 is 19.0 Å². The molecule has 7 nitrogen and oxygen atoms in total. The summed E-state index contributed by atoms with van der Waals surface area (Å²) in [5.74, 6) is 1.27. The predicted octanol–water partition coefficient (Wildman–Crippen LogP) is 5.52. The van der Waals surface area contributed by atoms with Crippen molar-refractivity contribution >= 4 is 5.91 Å². The van der Waals surface area contributed by atoms with Crippen LogP contribution in [0.4, 0.5) is 0 Å². The van der Waals surface area contributed by atoms with Crippen LogP contribution < -0.4 is 5.56 Å². The van der Waals surface area contributed by atoms with Crippen LogP contribution in [0.5, 0.6) is 0 Å². The van der Waals surface area contributed by atoms with Crippen molar-refractivity contribution in [3.63, 3.8) is 0 Å². The number of benzene rings is 1. The van der Waals surface area contributed by atoms with E-state index in [9.17, 15) is 14.7 Å². The lowest BCUT2D eigenvalue weighted by molar-refractivity contribution is -0.154. The van der Waals surface area contributed by atoms with Crippen LogP contribution in [0.15, 0.2) is 64.3 Å². The molecule has 0 spiro atoms. The van der Waals surface area contributed by atoms with E-state index in [-0.39, 0.29) is 18.0 Å². The minimum atomic E-state index is -1.15. The quantitative estimate of drug-likeness (QED) is 0.446. The van der Waals surface area contributed by atoms with Crippen LogP contribution in [-0.4, -0.2) is 44.2 Å². The largest absolute Gasteiger partial charge is 0.444 e. The molecule has 1 saturated carbocycles. The average Bonchev–Trinajstić information content (AvgIpc) is 3.46. The molecule has 2 aromatic heterocycles. The predicted molar refractivity (Wildman–Crippen MR) is 147 cm³/mol. The van der Waals surface area contributed by atoms with E-state index in [0.29, 0.717) is 43.3 Å². The lowest BCUT2D eigenvalue weighted by atomic mass is 9.69. The first-order valence-corrected chi connectivity index (χ1v) is 14.0.